The van der Waals surface area contributed by atoms with Crippen LogP contribution in [0.3, 0.4) is 0 Å². The molecule has 0 saturated carbocycles. The highest BCUT2D eigenvalue weighted by Gasteiger charge is 2.54. The van der Waals surface area contributed by atoms with Crippen molar-refractivity contribution in [1.29, 1.82) is 0 Å². The second kappa shape index (κ2) is 7.57. The van der Waals surface area contributed by atoms with Gasteiger partial charge in [0.05, 0.1) is 9.95 Å². The smallest absolute Gasteiger partial charge is 0.463 e. The van der Waals surface area contributed by atoms with Gasteiger partial charge in [-0.05, 0) is 6.07 Å². The van der Waals surface area contributed by atoms with Gasteiger partial charge in [-0.1, -0.05) is 18.5 Å². The van der Waals surface area contributed by atoms with Gasteiger partial charge in [0.2, 0.25) is 12.4 Å². The van der Waals surface area contributed by atoms with Crippen LogP contribution in [-0.2, 0) is 23.7 Å². The van der Waals surface area contributed by atoms with Crippen LogP contribution in [0.4, 0.5) is 10.5 Å². The molecule has 10 nitrogen and oxygen atoms in total. The number of non-ortho nitro benzene ring substituents is 1. The zero-order valence-electron chi connectivity index (χ0n) is 14.3. The van der Waals surface area contributed by atoms with E-state index in [2.05, 4.69) is 0 Å². The Balaban J connectivity index is 1.80. The van der Waals surface area contributed by atoms with E-state index < -0.39 is 41.6 Å². The van der Waals surface area contributed by atoms with Crippen LogP contribution in [-0.4, -0.2) is 48.3 Å². The maximum absolute atomic E-state index is 11.6. The Morgan fingerprint density at radius 3 is 2.67 bits per heavy atom. The number of nitro groups is 1. The van der Waals surface area contributed by atoms with Gasteiger partial charge in [-0.15, -0.1) is 0 Å². The van der Waals surface area contributed by atoms with Gasteiger partial charge < -0.3 is 23.7 Å². The summed E-state index contributed by atoms with van der Waals surface area (Å²) in [6, 6.07) is 3.67. The first-order chi connectivity index (χ1) is 12.8. The molecule has 2 unspecified atom stereocenters. The molecular weight excluding hydrogens is 386 g/mol. The Kier molecular flexibility index (Phi) is 5.38. The number of hydrogen-bond donors (Lipinski definition) is 0. The Labute approximate surface area is 158 Å². The highest BCUT2D eigenvalue weighted by atomic mass is 35.5. The maximum atomic E-state index is 11.6. The summed E-state index contributed by atoms with van der Waals surface area (Å²) in [6.07, 6.45) is -4.12. The van der Waals surface area contributed by atoms with Crippen molar-refractivity contribution in [2.24, 2.45) is 5.92 Å². The first-order valence-electron chi connectivity index (χ1n) is 8.03. The van der Waals surface area contributed by atoms with Gasteiger partial charge in [0.1, 0.15) is 18.5 Å². The number of benzene rings is 1. The van der Waals surface area contributed by atoms with Crippen molar-refractivity contribution < 1.29 is 38.2 Å². The van der Waals surface area contributed by atoms with Crippen LogP contribution in [0.25, 0.3) is 0 Å². The lowest BCUT2D eigenvalue weighted by atomic mass is 9.91. The Bertz CT molecular complexity index is 770. The van der Waals surface area contributed by atoms with E-state index in [9.17, 15) is 19.7 Å². The molecule has 11 heteroatoms. The summed E-state index contributed by atoms with van der Waals surface area (Å²) in [5.41, 5.74) is -0.202. The third-order valence-electron chi connectivity index (χ3n) is 4.29. The molecule has 2 heterocycles. The van der Waals surface area contributed by atoms with E-state index in [4.69, 9.17) is 35.3 Å². The highest BCUT2D eigenvalue weighted by Crippen LogP contribution is 2.37. The highest BCUT2D eigenvalue weighted by molar-refractivity contribution is 6.32. The molecule has 0 N–H and O–H groups in total. The number of nitro benzene ring substituents is 1. The Morgan fingerprint density at radius 1 is 1.33 bits per heavy atom. The average Bonchev–Trinajstić information content (AvgIpc) is 2.99. The topological polar surface area (TPSA) is 123 Å². The number of carbonyl (C=O) groups is 2. The van der Waals surface area contributed by atoms with Gasteiger partial charge in [0.25, 0.3) is 5.69 Å². The van der Waals surface area contributed by atoms with Gasteiger partial charge >= 0.3 is 12.1 Å². The fraction of sp³-hybridized carbons (Fsp3) is 0.500. The number of esters is 1. The van der Waals surface area contributed by atoms with Gasteiger partial charge in [-0.2, -0.15) is 0 Å². The van der Waals surface area contributed by atoms with E-state index in [0.717, 1.165) is 6.07 Å². The third-order valence-corrected chi connectivity index (χ3v) is 4.59. The molecule has 2 fully saturated rings. The number of hydrogen-bond acceptors (Lipinski definition) is 9. The first-order valence-corrected chi connectivity index (χ1v) is 8.40. The number of ether oxygens (including phenoxy) is 5. The molecule has 0 spiro atoms. The normalized spacial score (nSPS) is 29.3. The van der Waals surface area contributed by atoms with Crippen molar-refractivity contribution >= 4 is 29.4 Å². The summed E-state index contributed by atoms with van der Waals surface area (Å²) in [4.78, 5) is 32.9. The van der Waals surface area contributed by atoms with E-state index in [1.807, 2.05) is 0 Å². The number of halogens is 1. The monoisotopic (exact) mass is 401 g/mol. The van der Waals surface area contributed by atoms with E-state index in [0.29, 0.717) is 0 Å². The van der Waals surface area contributed by atoms with Crippen LogP contribution in [0.5, 0.6) is 5.75 Å². The molecule has 1 aromatic carbocycles. The van der Waals surface area contributed by atoms with Crippen molar-refractivity contribution in [3.05, 3.63) is 33.3 Å². The summed E-state index contributed by atoms with van der Waals surface area (Å²) >= 11 is 6.04. The van der Waals surface area contributed by atoms with Crippen LogP contribution in [0.15, 0.2) is 18.2 Å². The van der Waals surface area contributed by atoms with Gasteiger partial charge in [-0.25, -0.2) is 4.79 Å². The summed E-state index contributed by atoms with van der Waals surface area (Å²) in [6.45, 7) is 2.97. The molecule has 2 aliphatic heterocycles. The molecule has 146 valence electrons. The fourth-order valence-corrected chi connectivity index (χ4v) is 3.12. The van der Waals surface area contributed by atoms with Gasteiger partial charge in [0.15, 0.2) is 6.10 Å². The minimum atomic E-state index is -1.10. The lowest BCUT2D eigenvalue weighted by Gasteiger charge is -2.39. The molecule has 2 saturated heterocycles. The van der Waals surface area contributed by atoms with Crippen molar-refractivity contribution in [2.45, 2.75) is 38.4 Å². The first kappa shape index (κ1) is 19.2. The molecular formula is C16H16ClNO9. The largest absolute Gasteiger partial charge is 0.509 e. The summed E-state index contributed by atoms with van der Waals surface area (Å²) in [5.74, 6) is -0.703. The van der Waals surface area contributed by atoms with Gasteiger partial charge in [0, 0.05) is 25.0 Å². The maximum Gasteiger partial charge on any atom is 0.509 e. The minimum Gasteiger partial charge on any atom is -0.463 e. The second-order valence-electron chi connectivity index (χ2n) is 6.11. The molecule has 1 aromatic rings. The molecule has 3 rings (SSSR count). The number of rotatable bonds is 5. The van der Waals surface area contributed by atoms with Crippen LogP contribution >= 0.6 is 11.6 Å². The molecule has 5 atom stereocenters. The minimum absolute atomic E-state index is 0.00949. The Hall–Kier alpha value is -2.59. The predicted molar refractivity (Wildman–Crippen MR) is 88.3 cm³/mol. The van der Waals surface area contributed by atoms with Gasteiger partial charge in [-0.3, -0.25) is 14.9 Å². The number of carbonyl (C=O) groups excluding carboxylic acids is 2. The molecule has 0 amide bonds. The second-order valence-corrected chi connectivity index (χ2v) is 6.52. The molecule has 2 aliphatic rings. The molecule has 0 aliphatic carbocycles. The lowest BCUT2D eigenvalue weighted by molar-refractivity contribution is -0.384. The van der Waals surface area contributed by atoms with Crippen LogP contribution in [0.2, 0.25) is 5.02 Å². The molecule has 0 radical (unpaired) electrons. The van der Waals surface area contributed by atoms with Crippen molar-refractivity contribution in [3.8, 4) is 5.75 Å². The van der Waals surface area contributed by atoms with E-state index in [1.165, 1.54) is 19.1 Å². The van der Waals surface area contributed by atoms with E-state index in [1.54, 1.807) is 6.92 Å². The lowest BCUT2D eigenvalue weighted by Crippen LogP contribution is -2.55. The quantitative estimate of drug-likeness (QED) is 0.415. The molecule has 0 bridgehead atoms. The number of fused-ring (bicyclic) bond motifs is 1. The summed E-state index contributed by atoms with van der Waals surface area (Å²) in [5, 5.41) is 10.8. The fourth-order valence-electron chi connectivity index (χ4n) is 2.90. The van der Waals surface area contributed by atoms with Crippen LogP contribution in [0, 0.1) is 16.0 Å². The Morgan fingerprint density at radius 2 is 2.04 bits per heavy atom. The molecule has 0 aromatic heterocycles. The summed E-state index contributed by atoms with van der Waals surface area (Å²) in [7, 11) is 0. The average molecular weight is 402 g/mol. The molecule has 27 heavy (non-hydrogen) atoms. The van der Waals surface area contributed by atoms with E-state index >= 15 is 0 Å². The SMILES string of the molecule is CC(=O)OCC1O[C@@H](Oc2ccc([N+](=O)[O-])cc2Cl)C2OC(=O)O[C@H]2[C@@H]1C. The zero-order chi connectivity index (χ0) is 19.7. The van der Waals surface area contributed by atoms with Crippen molar-refractivity contribution in [3.63, 3.8) is 0 Å². The standard InChI is InChI=1S/C16H16ClNO9/c1-7-12(6-23-8(2)19)25-15(14-13(7)26-16(20)27-14)24-11-4-3-9(18(21)22)5-10(11)17/h3-5,7,12-15H,6H2,1-2H3/t7-,12?,13+,14?,15-/m1/s1. The van der Waals surface area contributed by atoms with Crippen molar-refractivity contribution in [1.82, 2.24) is 0 Å². The third kappa shape index (κ3) is 4.06. The van der Waals surface area contributed by atoms with E-state index in [-0.39, 0.29) is 29.0 Å². The van der Waals surface area contributed by atoms with Crippen LogP contribution in [0.1, 0.15) is 13.8 Å². The predicted octanol–water partition coefficient (Wildman–Crippen LogP) is 2.46. The summed E-state index contributed by atoms with van der Waals surface area (Å²) < 4.78 is 26.8. The zero-order valence-corrected chi connectivity index (χ0v) is 15.1. The number of nitrogens with zero attached hydrogens (tertiary/aromatic N) is 1. The van der Waals surface area contributed by atoms with Crippen molar-refractivity contribution in [2.75, 3.05) is 6.61 Å². The van der Waals surface area contributed by atoms with Crippen LogP contribution < -0.4 is 4.74 Å².